The number of hydrogen-bond acceptors (Lipinski definition) is 9. The topological polar surface area (TPSA) is 103 Å². The first-order valence-corrected chi connectivity index (χ1v) is 22.3. The molecule has 4 N–H and O–H groups in total. The minimum absolute atomic E-state index is 0.0304. The van der Waals surface area contributed by atoms with Crippen molar-refractivity contribution in [3.8, 4) is 0 Å². The molecule has 3 aromatic rings. The van der Waals surface area contributed by atoms with Crippen LogP contribution < -0.4 is 30.4 Å². The number of aldehydes is 1. The summed E-state index contributed by atoms with van der Waals surface area (Å²) in [5, 5.41) is 1.89. The van der Waals surface area contributed by atoms with Gasteiger partial charge in [0.25, 0.3) is 5.91 Å². The van der Waals surface area contributed by atoms with Gasteiger partial charge in [-0.15, -0.1) is 0 Å². The highest BCUT2D eigenvalue weighted by molar-refractivity contribution is 8.77. The monoisotopic (exact) mass is 828 g/mol. The van der Waals surface area contributed by atoms with Crippen molar-refractivity contribution >= 4 is 69.6 Å². The van der Waals surface area contributed by atoms with Gasteiger partial charge in [0.1, 0.15) is 30.1 Å². The summed E-state index contributed by atoms with van der Waals surface area (Å²) < 4.78 is 2.24. The molecule has 1 amide bonds. The normalized spacial score (nSPS) is 12.8. The van der Waals surface area contributed by atoms with Crippen LogP contribution in [0.4, 0.5) is 11.4 Å². The van der Waals surface area contributed by atoms with Crippen LogP contribution in [-0.2, 0) is 16.1 Å². The van der Waals surface area contributed by atoms with E-state index in [4.69, 9.17) is 5.73 Å². The molecule has 0 bridgehead atoms. The largest absolute Gasteiger partial charge is 0.375 e. The maximum absolute atomic E-state index is 12.6. The summed E-state index contributed by atoms with van der Waals surface area (Å²) in [7, 11) is 14.4. The van der Waals surface area contributed by atoms with Gasteiger partial charge in [0.05, 0.1) is 0 Å². The zero-order chi connectivity index (χ0) is 42.5. The second-order valence-corrected chi connectivity index (χ2v) is 16.4. The Hall–Kier alpha value is -4.46. The van der Waals surface area contributed by atoms with E-state index in [1.165, 1.54) is 45.0 Å². The third-order valence-corrected chi connectivity index (χ3v) is 11.6. The Morgan fingerprint density at radius 2 is 1.34 bits per heavy atom. The minimum atomic E-state index is -0.639. The number of hydrogen-bond donors (Lipinski definition) is 3. The molecular formula is C46H68N8O2S2+2. The molecule has 0 fully saturated rings. The molecule has 58 heavy (non-hydrogen) atoms. The first-order valence-electron chi connectivity index (χ1n) is 20.0. The number of allylic oxidation sites excluding steroid dienone is 5. The number of nitrogens with one attached hydrogen (secondary N) is 2. The predicted octanol–water partition coefficient (Wildman–Crippen LogP) is 5.23. The average Bonchev–Trinajstić information content (AvgIpc) is 3.24. The van der Waals surface area contributed by atoms with Gasteiger partial charge < -0.3 is 30.1 Å². The van der Waals surface area contributed by atoms with Gasteiger partial charge in [-0.1, -0.05) is 76.2 Å². The van der Waals surface area contributed by atoms with Crippen LogP contribution in [0, 0.1) is 0 Å². The van der Waals surface area contributed by atoms with E-state index in [-0.39, 0.29) is 5.91 Å². The SMILES string of the molecule is CC[NH+]=C\C=C/C=C/C=C/c1ccc(N(C)CCCN(C)C(=O)C(NC)SSC(N)C=O)cc1.CC[n+]1ccccc1/C=C/c1ccc(N(C)CCCN(C)C)cc1. The van der Waals surface area contributed by atoms with Gasteiger partial charge >= 0.3 is 0 Å². The molecule has 3 rings (SSSR count). The van der Waals surface area contributed by atoms with E-state index in [0.29, 0.717) is 12.8 Å². The Kier molecular flexibility index (Phi) is 25.5. The smallest absolute Gasteiger partial charge is 0.250 e. The summed E-state index contributed by atoms with van der Waals surface area (Å²) in [6.45, 7) is 9.80. The number of benzene rings is 2. The molecule has 0 aliphatic rings. The van der Waals surface area contributed by atoms with Crippen molar-refractivity contribution in [3.63, 3.8) is 0 Å². The van der Waals surface area contributed by atoms with E-state index in [9.17, 15) is 9.59 Å². The highest BCUT2D eigenvalue weighted by Crippen LogP contribution is 2.28. The summed E-state index contributed by atoms with van der Waals surface area (Å²) >= 11 is 0. The first-order chi connectivity index (χ1) is 28.0. The zero-order valence-electron chi connectivity index (χ0n) is 36.0. The molecule has 0 aliphatic heterocycles. The summed E-state index contributed by atoms with van der Waals surface area (Å²) in [4.78, 5) is 34.8. The van der Waals surface area contributed by atoms with Crippen LogP contribution in [0.3, 0.4) is 0 Å². The Bertz CT molecular complexity index is 1740. The van der Waals surface area contributed by atoms with Crippen LogP contribution in [0.5, 0.6) is 0 Å². The number of rotatable bonds is 24. The minimum Gasteiger partial charge on any atom is -0.375 e. The Labute approximate surface area is 357 Å². The Balaban J connectivity index is 0.000000423. The summed E-state index contributed by atoms with van der Waals surface area (Å²) in [5.41, 5.74) is 11.6. The van der Waals surface area contributed by atoms with Crippen LogP contribution in [0.1, 0.15) is 43.5 Å². The van der Waals surface area contributed by atoms with Crippen molar-refractivity contribution in [2.24, 2.45) is 5.73 Å². The molecule has 2 atom stereocenters. The molecule has 10 nitrogen and oxygen atoms in total. The van der Waals surface area contributed by atoms with Crippen LogP contribution in [0.2, 0.25) is 0 Å². The number of amides is 1. The molecule has 2 aromatic carbocycles. The van der Waals surface area contributed by atoms with Crippen LogP contribution in [-0.4, -0.2) is 114 Å². The average molecular weight is 829 g/mol. The highest BCUT2D eigenvalue weighted by Gasteiger charge is 2.22. The number of pyridine rings is 1. The molecule has 0 aliphatic carbocycles. The molecule has 1 aromatic heterocycles. The van der Waals surface area contributed by atoms with Crippen molar-refractivity contribution in [2.45, 2.75) is 44.0 Å². The summed E-state index contributed by atoms with van der Waals surface area (Å²) in [6.07, 6.45) is 23.1. The lowest BCUT2D eigenvalue weighted by Gasteiger charge is -2.25. The zero-order valence-corrected chi connectivity index (χ0v) is 37.6. The van der Waals surface area contributed by atoms with Gasteiger partial charge in [-0.25, -0.2) is 4.99 Å². The predicted molar refractivity (Wildman–Crippen MR) is 253 cm³/mol. The maximum Gasteiger partial charge on any atom is 0.250 e. The van der Waals surface area contributed by atoms with Gasteiger partial charge in [0.2, 0.25) is 5.69 Å². The van der Waals surface area contributed by atoms with E-state index in [2.05, 4.69) is 163 Å². The maximum atomic E-state index is 12.6. The van der Waals surface area contributed by atoms with Gasteiger partial charge in [0, 0.05) is 76.4 Å². The molecule has 314 valence electrons. The second kappa shape index (κ2) is 29.7. The van der Waals surface area contributed by atoms with Crippen LogP contribution in [0.15, 0.2) is 103 Å². The number of aryl methyl sites for hydroxylation is 1. The second-order valence-electron chi connectivity index (χ2n) is 13.9. The number of aromatic nitrogens is 1. The number of carbonyl (C=O) groups is 2. The van der Waals surface area contributed by atoms with Crippen LogP contribution in [0.25, 0.3) is 18.2 Å². The third kappa shape index (κ3) is 20.3. The lowest BCUT2D eigenvalue weighted by Crippen LogP contribution is -2.67. The quantitative estimate of drug-likeness (QED) is 0.0280. The molecule has 2 unspecified atom stereocenters. The molecule has 0 saturated heterocycles. The highest BCUT2D eigenvalue weighted by atomic mass is 33.1. The molecular weight excluding hydrogens is 761 g/mol. The molecule has 0 spiro atoms. The number of nitrogens with zero attached hydrogens (tertiary/aromatic N) is 5. The van der Waals surface area contributed by atoms with Crippen molar-refractivity contribution in [2.75, 3.05) is 84.8 Å². The van der Waals surface area contributed by atoms with Gasteiger partial charge in [-0.3, -0.25) is 10.1 Å². The summed E-state index contributed by atoms with van der Waals surface area (Å²) in [6, 6.07) is 23.5. The van der Waals surface area contributed by atoms with E-state index in [1.807, 2.05) is 36.6 Å². The van der Waals surface area contributed by atoms with E-state index in [0.717, 1.165) is 50.4 Å². The van der Waals surface area contributed by atoms with Gasteiger partial charge in [-0.2, -0.15) is 4.57 Å². The number of carbonyl (C=O) groups excluding carboxylic acids is 2. The van der Waals surface area contributed by atoms with E-state index >= 15 is 0 Å². The van der Waals surface area contributed by atoms with Crippen LogP contribution >= 0.6 is 21.6 Å². The van der Waals surface area contributed by atoms with Gasteiger partial charge in [-0.05, 0) is 102 Å². The van der Waals surface area contributed by atoms with E-state index < -0.39 is 10.7 Å². The fraction of sp³-hybridized carbons (Fsp3) is 0.391. The number of nitrogens with two attached hydrogens (primary N) is 1. The van der Waals surface area contributed by atoms with Crippen molar-refractivity contribution < 1.29 is 19.1 Å². The molecule has 0 radical (unpaired) electrons. The van der Waals surface area contributed by atoms with Gasteiger partial charge in [0.15, 0.2) is 12.4 Å². The summed E-state index contributed by atoms with van der Waals surface area (Å²) in [5.74, 6) is -0.0304. The fourth-order valence-electron chi connectivity index (χ4n) is 5.48. The molecule has 1 heterocycles. The lowest BCUT2D eigenvalue weighted by atomic mass is 10.1. The van der Waals surface area contributed by atoms with Crippen molar-refractivity contribution in [1.29, 1.82) is 0 Å². The third-order valence-electron chi connectivity index (χ3n) is 8.93. The Morgan fingerprint density at radius 1 is 0.759 bits per heavy atom. The molecule has 12 heteroatoms. The Morgan fingerprint density at radius 3 is 1.91 bits per heavy atom. The standard InChI is InChI=1S/C25H37N5O2S2.C21H30N3/c1-5-28-17-10-8-6-7-9-12-21-13-15-22(16-14-21)29(3)18-11-19-30(4)25(32)24(27-2)34-33-23(26)20-31;1-5-24-18-7-6-9-21(24)15-12-19-10-13-20(14-11-19)23(4)17-8-16-22(2)3/h6-10,12-17,20,23-24,27H,5,11,18-19,26H2,1-4H3;6-7,9-15,18H,5,8,16-17H2,1-4H3/q;+1/p+1/b7-6+,10-8-,12-9+,28-17?;. The molecule has 0 saturated carbocycles. The number of anilines is 2. The first kappa shape index (κ1) is 49.7. The van der Waals surface area contributed by atoms with Crippen molar-refractivity contribution in [3.05, 3.63) is 120 Å². The van der Waals surface area contributed by atoms with Crippen molar-refractivity contribution in [1.82, 2.24) is 15.1 Å². The fourth-order valence-corrected chi connectivity index (χ4v) is 7.52. The van der Waals surface area contributed by atoms with E-state index in [1.54, 1.807) is 19.0 Å². The number of likely N-dealkylation sites (N-methyl/N-ethyl adjacent to an activating group) is 2. The lowest BCUT2D eigenvalue weighted by molar-refractivity contribution is -0.695.